The van der Waals surface area contributed by atoms with E-state index in [1.54, 1.807) is 24.3 Å². The highest BCUT2D eigenvalue weighted by molar-refractivity contribution is 7.89. The van der Waals surface area contributed by atoms with Crippen molar-refractivity contribution in [3.05, 3.63) is 58.9 Å². The summed E-state index contributed by atoms with van der Waals surface area (Å²) in [6, 6.07) is 10.6. The van der Waals surface area contributed by atoms with Crippen LogP contribution in [0.25, 0.3) is 0 Å². The van der Waals surface area contributed by atoms with Gasteiger partial charge in [-0.1, -0.05) is 29.3 Å². The number of halogens is 2. The lowest BCUT2D eigenvalue weighted by Crippen LogP contribution is -2.51. The number of benzene rings is 2. The van der Waals surface area contributed by atoms with Crippen molar-refractivity contribution >= 4 is 27.5 Å². The molecule has 0 radical (unpaired) electrons. The molecule has 0 aliphatic heterocycles. The molecule has 0 aromatic heterocycles. The number of amides is 1. The van der Waals surface area contributed by atoms with Crippen LogP contribution >= 0.6 is 11.6 Å². The van der Waals surface area contributed by atoms with Crippen LogP contribution in [0.4, 0.5) is 4.39 Å². The van der Waals surface area contributed by atoms with E-state index in [1.165, 1.54) is 12.1 Å². The van der Waals surface area contributed by atoms with Gasteiger partial charge in [0.1, 0.15) is 11.6 Å². The molecular weight excluding hydrogens is 431 g/mol. The molecule has 2 aromatic rings. The van der Waals surface area contributed by atoms with Gasteiger partial charge in [0.15, 0.2) is 6.61 Å². The first-order valence-corrected chi connectivity index (χ1v) is 11.5. The molecule has 0 heterocycles. The van der Waals surface area contributed by atoms with E-state index in [2.05, 4.69) is 10.0 Å². The quantitative estimate of drug-likeness (QED) is 0.675. The molecule has 3 fully saturated rings. The van der Waals surface area contributed by atoms with Gasteiger partial charge in [0.25, 0.3) is 5.91 Å². The van der Waals surface area contributed by atoms with Crippen LogP contribution in [0.2, 0.25) is 5.02 Å². The average molecular weight is 453 g/mol. The zero-order valence-electron chi connectivity index (χ0n) is 16.3. The first-order valence-electron chi connectivity index (χ1n) is 9.64. The Morgan fingerprint density at radius 3 is 2.57 bits per heavy atom. The molecule has 1 amide bonds. The van der Waals surface area contributed by atoms with Gasteiger partial charge in [-0.15, -0.1) is 0 Å². The smallest absolute Gasteiger partial charge is 0.258 e. The maximum absolute atomic E-state index is 13.4. The molecule has 0 spiro atoms. The number of nitrogens with one attached hydrogen (secondary N) is 2. The van der Waals surface area contributed by atoms with Gasteiger partial charge >= 0.3 is 0 Å². The summed E-state index contributed by atoms with van der Waals surface area (Å²) in [5.41, 5.74) is 0.468. The second-order valence-corrected chi connectivity index (χ2v) is 10.2. The van der Waals surface area contributed by atoms with Crippen molar-refractivity contribution < 1.29 is 22.3 Å². The molecule has 2 aromatic carbocycles. The van der Waals surface area contributed by atoms with Gasteiger partial charge < -0.3 is 10.1 Å². The Kier molecular flexibility index (Phi) is 5.50. The van der Waals surface area contributed by atoms with E-state index in [-0.39, 0.29) is 40.1 Å². The lowest BCUT2D eigenvalue weighted by atomic mass is 9.78. The van der Waals surface area contributed by atoms with Crippen molar-refractivity contribution in [3.63, 3.8) is 0 Å². The molecular formula is C21H22ClFN2O4S. The number of sulfonamides is 1. The van der Waals surface area contributed by atoms with Crippen LogP contribution in [0.15, 0.2) is 47.4 Å². The van der Waals surface area contributed by atoms with E-state index in [0.717, 1.165) is 11.6 Å². The number of hydrogen-bond donors (Lipinski definition) is 2. The van der Waals surface area contributed by atoms with E-state index in [1.807, 2.05) is 6.92 Å². The summed E-state index contributed by atoms with van der Waals surface area (Å²) in [7, 11) is -3.62. The van der Waals surface area contributed by atoms with Gasteiger partial charge in [-0.25, -0.2) is 17.5 Å². The van der Waals surface area contributed by atoms with Crippen LogP contribution in [0.3, 0.4) is 0 Å². The third kappa shape index (κ3) is 4.31. The van der Waals surface area contributed by atoms with Gasteiger partial charge in [-0.05, 0) is 56.4 Å². The zero-order valence-corrected chi connectivity index (χ0v) is 17.9. The second-order valence-electron chi connectivity index (χ2n) is 8.11. The number of rotatable bonds is 7. The molecule has 160 valence electrons. The van der Waals surface area contributed by atoms with E-state index in [4.69, 9.17) is 16.3 Å². The lowest BCUT2D eigenvalue weighted by molar-refractivity contribution is -0.124. The van der Waals surface area contributed by atoms with E-state index in [9.17, 15) is 17.6 Å². The van der Waals surface area contributed by atoms with Crippen molar-refractivity contribution in [2.24, 2.45) is 5.92 Å². The number of ether oxygens (including phenoxy) is 1. The fraction of sp³-hybridized carbons (Fsp3) is 0.381. The summed E-state index contributed by atoms with van der Waals surface area (Å²) in [4.78, 5) is 12.5. The normalized spacial score (nSPS) is 24.9. The van der Waals surface area contributed by atoms with Crippen molar-refractivity contribution in [1.29, 1.82) is 0 Å². The maximum atomic E-state index is 13.4. The predicted octanol–water partition coefficient (Wildman–Crippen LogP) is 3.18. The van der Waals surface area contributed by atoms with Gasteiger partial charge in [-0.3, -0.25) is 4.79 Å². The molecule has 3 aliphatic carbocycles. The molecule has 9 heteroatoms. The average Bonchev–Trinajstić information content (AvgIpc) is 3.15. The number of fused-ring (bicyclic) bond motifs is 1. The monoisotopic (exact) mass is 452 g/mol. The standard InChI is InChI=1S/C21H22ClFN2O4S/c1-13-2-5-16(6-3-13)30(27,28)25-21-9-14(10-21)19(11-21)24-20(26)12-29-15-4-7-17(22)18(23)8-15/h2-8,14,19,25H,9-12H2,1H3,(H,24,26)/t14?,19-,21?/m0/s1. The lowest BCUT2D eigenvalue weighted by Gasteiger charge is -2.38. The van der Waals surface area contributed by atoms with Gasteiger partial charge in [0.2, 0.25) is 10.0 Å². The highest BCUT2D eigenvalue weighted by Gasteiger charge is 2.58. The molecule has 2 N–H and O–H groups in total. The Hall–Kier alpha value is -2.16. The van der Waals surface area contributed by atoms with Gasteiger partial charge in [0, 0.05) is 17.6 Å². The van der Waals surface area contributed by atoms with Crippen LogP contribution in [-0.2, 0) is 14.8 Å². The van der Waals surface area contributed by atoms with E-state index in [0.29, 0.717) is 19.3 Å². The SMILES string of the molecule is Cc1ccc(S(=O)(=O)NC23CC(C2)[C@@H](NC(=O)COc2ccc(Cl)c(F)c2)C3)cc1. The summed E-state index contributed by atoms with van der Waals surface area (Å²) in [6.45, 7) is 1.64. The van der Waals surface area contributed by atoms with Crippen LogP contribution in [0.5, 0.6) is 5.75 Å². The number of carbonyl (C=O) groups is 1. The Bertz CT molecular complexity index is 1070. The van der Waals surface area contributed by atoms with E-state index >= 15 is 0 Å². The minimum absolute atomic E-state index is 0.0177. The fourth-order valence-electron chi connectivity index (χ4n) is 4.30. The largest absolute Gasteiger partial charge is 0.484 e. The molecule has 0 unspecified atom stereocenters. The molecule has 3 aliphatic rings. The summed E-state index contributed by atoms with van der Waals surface area (Å²) in [5, 5.41) is 2.89. The molecule has 1 atom stereocenters. The number of carbonyl (C=O) groups excluding carboxylic acids is 1. The van der Waals surface area contributed by atoms with Crippen molar-refractivity contribution in [3.8, 4) is 5.75 Å². The minimum Gasteiger partial charge on any atom is -0.484 e. The summed E-state index contributed by atoms with van der Waals surface area (Å²) in [6.07, 6.45) is 1.91. The highest BCUT2D eigenvalue weighted by Crippen LogP contribution is 2.52. The Labute approximate surface area is 179 Å². The van der Waals surface area contributed by atoms with Gasteiger partial charge in [-0.2, -0.15) is 0 Å². The predicted molar refractivity (Wildman–Crippen MR) is 110 cm³/mol. The highest BCUT2D eigenvalue weighted by atomic mass is 35.5. The van der Waals surface area contributed by atoms with Crippen LogP contribution in [0.1, 0.15) is 24.8 Å². The zero-order chi connectivity index (χ0) is 21.5. The number of hydrogen-bond acceptors (Lipinski definition) is 4. The second kappa shape index (κ2) is 7.83. The summed E-state index contributed by atoms with van der Waals surface area (Å²) < 4.78 is 47.0. The molecule has 6 nitrogen and oxygen atoms in total. The van der Waals surface area contributed by atoms with Crippen molar-refractivity contribution in [2.75, 3.05) is 6.61 Å². The van der Waals surface area contributed by atoms with Crippen LogP contribution in [-0.4, -0.2) is 32.5 Å². The maximum Gasteiger partial charge on any atom is 0.258 e. The Morgan fingerprint density at radius 2 is 1.90 bits per heavy atom. The summed E-state index contributed by atoms with van der Waals surface area (Å²) >= 11 is 5.62. The topological polar surface area (TPSA) is 84.5 Å². The van der Waals surface area contributed by atoms with E-state index < -0.39 is 21.4 Å². The Morgan fingerprint density at radius 1 is 1.20 bits per heavy atom. The van der Waals surface area contributed by atoms with Crippen LogP contribution in [0, 0.1) is 18.7 Å². The molecule has 5 rings (SSSR count). The van der Waals surface area contributed by atoms with Crippen molar-refractivity contribution in [1.82, 2.24) is 10.0 Å². The molecule has 0 saturated heterocycles. The van der Waals surface area contributed by atoms with Crippen LogP contribution < -0.4 is 14.8 Å². The van der Waals surface area contributed by atoms with Gasteiger partial charge in [0.05, 0.1) is 9.92 Å². The minimum atomic E-state index is -3.62. The Balaban J connectivity index is 1.31. The summed E-state index contributed by atoms with van der Waals surface area (Å²) in [5.74, 6) is -0.513. The van der Waals surface area contributed by atoms with Crippen molar-refractivity contribution in [2.45, 2.75) is 42.7 Å². The molecule has 30 heavy (non-hydrogen) atoms. The molecule has 2 bridgehead atoms. The number of aryl methyl sites for hydroxylation is 1. The first-order chi connectivity index (χ1) is 14.2. The molecule has 3 saturated carbocycles. The third-order valence-corrected chi connectivity index (χ3v) is 7.68. The fourth-order valence-corrected chi connectivity index (χ4v) is 5.85. The first kappa shape index (κ1) is 21.1. The third-order valence-electron chi connectivity index (χ3n) is 5.78.